The van der Waals surface area contributed by atoms with Crippen LogP contribution in [0.3, 0.4) is 0 Å². The van der Waals surface area contributed by atoms with Crippen molar-refractivity contribution in [3.63, 3.8) is 0 Å². The number of rotatable bonds is 2. The molecular weight excluding hydrogens is 220 g/mol. The van der Waals surface area contributed by atoms with E-state index in [4.69, 9.17) is 0 Å². The first-order valence-corrected chi connectivity index (χ1v) is 4.92. The van der Waals surface area contributed by atoms with Gasteiger partial charge in [-0.3, -0.25) is 4.79 Å². The topological polar surface area (TPSA) is 68.3 Å². The van der Waals surface area contributed by atoms with Crippen molar-refractivity contribution in [2.24, 2.45) is 0 Å². The fourth-order valence-corrected chi connectivity index (χ4v) is 1.03. The number of nitrogens with zero attached hydrogens (tertiary/aromatic N) is 1. The molecule has 0 unspecified atom stereocenters. The second-order valence-electron chi connectivity index (χ2n) is 3.11. The molecule has 0 saturated carbocycles. The second kappa shape index (κ2) is 6.28. The SMILES string of the molecule is COC(=O)c1cccc(C#CCNC(C)=O)n1. The van der Waals surface area contributed by atoms with Crippen molar-refractivity contribution in [2.45, 2.75) is 6.92 Å². The van der Waals surface area contributed by atoms with Crippen molar-refractivity contribution in [2.75, 3.05) is 13.7 Å². The average Bonchev–Trinajstić information content (AvgIpc) is 2.34. The summed E-state index contributed by atoms with van der Waals surface area (Å²) in [4.78, 5) is 25.8. The third kappa shape index (κ3) is 4.34. The fourth-order valence-electron chi connectivity index (χ4n) is 1.03. The van der Waals surface area contributed by atoms with Crippen LogP contribution < -0.4 is 5.32 Å². The van der Waals surface area contributed by atoms with Crippen LogP contribution in [0.5, 0.6) is 0 Å². The Hall–Kier alpha value is -2.35. The highest BCUT2D eigenvalue weighted by atomic mass is 16.5. The van der Waals surface area contributed by atoms with Crippen LogP contribution in [0.25, 0.3) is 0 Å². The van der Waals surface area contributed by atoms with E-state index in [1.807, 2.05) is 0 Å². The average molecular weight is 232 g/mol. The zero-order valence-electron chi connectivity index (χ0n) is 9.61. The van der Waals surface area contributed by atoms with E-state index in [-0.39, 0.29) is 18.1 Å². The van der Waals surface area contributed by atoms with Gasteiger partial charge in [-0.15, -0.1) is 0 Å². The molecule has 0 aromatic carbocycles. The van der Waals surface area contributed by atoms with E-state index in [2.05, 4.69) is 26.9 Å². The van der Waals surface area contributed by atoms with Crippen LogP contribution in [0.2, 0.25) is 0 Å². The number of aromatic nitrogens is 1. The normalized spacial score (nSPS) is 8.82. The molecule has 1 aromatic heterocycles. The number of nitrogens with one attached hydrogen (secondary N) is 1. The van der Waals surface area contributed by atoms with E-state index in [1.54, 1.807) is 18.2 Å². The third-order valence-electron chi connectivity index (χ3n) is 1.79. The Balaban J connectivity index is 2.71. The molecule has 1 N–H and O–H groups in total. The van der Waals surface area contributed by atoms with Gasteiger partial charge in [-0.25, -0.2) is 9.78 Å². The van der Waals surface area contributed by atoms with Gasteiger partial charge in [0.15, 0.2) is 0 Å². The summed E-state index contributed by atoms with van der Waals surface area (Å²) in [5, 5.41) is 2.53. The highest BCUT2D eigenvalue weighted by Crippen LogP contribution is 1.99. The summed E-state index contributed by atoms with van der Waals surface area (Å²) in [7, 11) is 1.29. The van der Waals surface area contributed by atoms with Gasteiger partial charge in [-0.1, -0.05) is 12.0 Å². The summed E-state index contributed by atoms with van der Waals surface area (Å²) < 4.78 is 4.54. The number of carbonyl (C=O) groups excluding carboxylic acids is 2. The Kier molecular flexibility index (Phi) is 4.70. The summed E-state index contributed by atoms with van der Waals surface area (Å²) in [5.41, 5.74) is 0.664. The lowest BCUT2D eigenvalue weighted by molar-refractivity contribution is -0.118. The fraction of sp³-hybridized carbons (Fsp3) is 0.250. The smallest absolute Gasteiger partial charge is 0.356 e. The molecule has 0 fully saturated rings. The van der Waals surface area contributed by atoms with Crippen molar-refractivity contribution in [3.05, 3.63) is 29.6 Å². The molecule has 1 aromatic rings. The van der Waals surface area contributed by atoms with Gasteiger partial charge in [0.25, 0.3) is 0 Å². The van der Waals surface area contributed by atoms with Gasteiger partial charge in [0.2, 0.25) is 5.91 Å². The molecule has 0 bridgehead atoms. The Morgan fingerprint density at radius 1 is 1.47 bits per heavy atom. The van der Waals surface area contributed by atoms with Gasteiger partial charge < -0.3 is 10.1 Å². The zero-order chi connectivity index (χ0) is 12.7. The van der Waals surface area contributed by atoms with E-state index in [9.17, 15) is 9.59 Å². The second-order valence-corrected chi connectivity index (χ2v) is 3.11. The first-order valence-electron chi connectivity index (χ1n) is 4.92. The summed E-state index contributed by atoms with van der Waals surface area (Å²) in [6.45, 7) is 1.66. The number of esters is 1. The number of methoxy groups -OCH3 is 1. The molecule has 17 heavy (non-hydrogen) atoms. The van der Waals surface area contributed by atoms with Gasteiger partial charge in [-0.05, 0) is 18.1 Å². The highest BCUT2D eigenvalue weighted by molar-refractivity contribution is 5.87. The van der Waals surface area contributed by atoms with Crippen molar-refractivity contribution in [3.8, 4) is 11.8 Å². The largest absolute Gasteiger partial charge is 0.464 e. The van der Waals surface area contributed by atoms with E-state index in [0.717, 1.165) is 0 Å². The molecular formula is C12H12N2O3. The number of pyridine rings is 1. The number of amides is 1. The summed E-state index contributed by atoms with van der Waals surface area (Å²) in [6.07, 6.45) is 0. The number of hydrogen-bond donors (Lipinski definition) is 1. The van der Waals surface area contributed by atoms with Crippen LogP contribution in [0.15, 0.2) is 18.2 Å². The summed E-state index contributed by atoms with van der Waals surface area (Å²) in [6, 6.07) is 4.89. The molecule has 1 rings (SSSR count). The Morgan fingerprint density at radius 2 is 2.24 bits per heavy atom. The molecule has 1 heterocycles. The Labute approximate surface area is 99.2 Å². The number of ether oxygens (including phenoxy) is 1. The lowest BCUT2D eigenvalue weighted by atomic mass is 10.3. The predicted octanol–water partition coefficient (Wildman–Crippen LogP) is 0.356. The van der Waals surface area contributed by atoms with Crippen molar-refractivity contribution < 1.29 is 14.3 Å². The first-order chi connectivity index (χ1) is 8.13. The minimum Gasteiger partial charge on any atom is -0.464 e. The molecule has 5 heteroatoms. The molecule has 0 saturated heterocycles. The summed E-state index contributed by atoms with van der Waals surface area (Å²) in [5.74, 6) is 4.81. The number of hydrogen-bond acceptors (Lipinski definition) is 4. The van der Waals surface area contributed by atoms with Crippen LogP contribution >= 0.6 is 0 Å². The van der Waals surface area contributed by atoms with E-state index in [0.29, 0.717) is 5.69 Å². The van der Waals surface area contributed by atoms with Crippen LogP contribution in [0.1, 0.15) is 23.1 Å². The Bertz CT molecular complexity index is 486. The van der Waals surface area contributed by atoms with E-state index >= 15 is 0 Å². The van der Waals surface area contributed by atoms with Gasteiger partial charge in [0.05, 0.1) is 13.7 Å². The van der Waals surface area contributed by atoms with Crippen molar-refractivity contribution >= 4 is 11.9 Å². The standard InChI is InChI=1S/C12H12N2O3/c1-9(15)13-8-4-6-10-5-3-7-11(14-10)12(16)17-2/h3,5,7H,8H2,1-2H3,(H,13,15). The molecule has 0 aliphatic carbocycles. The minimum absolute atomic E-state index is 0.143. The van der Waals surface area contributed by atoms with Gasteiger partial charge in [0.1, 0.15) is 11.4 Å². The lowest BCUT2D eigenvalue weighted by Gasteiger charge is -1.97. The van der Waals surface area contributed by atoms with Crippen LogP contribution in [-0.2, 0) is 9.53 Å². The van der Waals surface area contributed by atoms with Crippen molar-refractivity contribution in [1.29, 1.82) is 0 Å². The minimum atomic E-state index is -0.504. The maximum atomic E-state index is 11.2. The molecule has 5 nitrogen and oxygen atoms in total. The first kappa shape index (κ1) is 12.7. The van der Waals surface area contributed by atoms with Gasteiger partial charge >= 0.3 is 5.97 Å². The lowest BCUT2D eigenvalue weighted by Crippen LogP contribution is -2.19. The quantitative estimate of drug-likeness (QED) is 0.590. The predicted molar refractivity (Wildman–Crippen MR) is 61.1 cm³/mol. The molecule has 88 valence electrons. The zero-order valence-corrected chi connectivity index (χ0v) is 9.61. The van der Waals surface area contributed by atoms with E-state index in [1.165, 1.54) is 14.0 Å². The van der Waals surface area contributed by atoms with Gasteiger partial charge in [-0.2, -0.15) is 0 Å². The third-order valence-corrected chi connectivity index (χ3v) is 1.79. The van der Waals surface area contributed by atoms with Crippen molar-refractivity contribution in [1.82, 2.24) is 10.3 Å². The molecule has 1 amide bonds. The van der Waals surface area contributed by atoms with E-state index < -0.39 is 5.97 Å². The summed E-state index contributed by atoms with van der Waals surface area (Å²) >= 11 is 0. The molecule has 0 aliphatic rings. The maximum Gasteiger partial charge on any atom is 0.356 e. The highest BCUT2D eigenvalue weighted by Gasteiger charge is 2.05. The van der Waals surface area contributed by atoms with Crippen LogP contribution in [0, 0.1) is 11.8 Å². The number of carbonyl (C=O) groups is 2. The molecule has 0 radical (unpaired) electrons. The van der Waals surface area contributed by atoms with Crippen LogP contribution in [0.4, 0.5) is 0 Å². The maximum absolute atomic E-state index is 11.2. The Morgan fingerprint density at radius 3 is 2.88 bits per heavy atom. The van der Waals surface area contributed by atoms with Gasteiger partial charge in [0, 0.05) is 6.92 Å². The monoisotopic (exact) mass is 232 g/mol. The molecule has 0 aliphatic heterocycles. The molecule has 0 atom stereocenters. The molecule has 0 spiro atoms. The van der Waals surface area contributed by atoms with Crippen LogP contribution in [-0.4, -0.2) is 30.5 Å².